The third-order valence-electron chi connectivity index (χ3n) is 3.97. The molecule has 1 aliphatic heterocycles. The lowest BCUT2D eigenvalue weighted by Gasteiger charge is -2.35. The first-order chi connectivity index (χ1) is 9.61. The number of aryl methyl sites for hydroxylation is 1. The lowest BCUT2D eigenvalue weighted by molar-refractivity contribution is -0.136. The molecule has 1 aromatic rings. The fraction of sp³-hybridized carbons (Fsp3) is 0.714. The molecule has 1 amide bonds. The number of carbonyl (C=O) groups excluding carboxylic acids is 1. The summed E-state index contributed by atoms with van der Waals surface area (Å²) in [6.45, 7) is 5.61. The number of rotatable bonds is 5. The quantitative estimate of drug-likeness (QED) is 0.868. The van der Waals surface area contributed by atoms with Crippen LogP contribution in [-0.2, 0) is 9.53 Å². The Kier molecular flexibility index (Phi) is 5.12. The van der Waals surface area contributed by atoms with Gasteiger partial charge in [0.25, 0.3) is 0 Å². The predicted molar refractivity (Wildman–Crippen MR) is 79.6 cm³/mol. The molecule has 5 nitrogen and oxygen atoms in total. The Labute approximate surface area is 123 Å². The minimum Gasteiger partial charge on any atom is -0.381 e. The van der Waals surface area contributed by atoms with Crippen LogP contribution in [0.25, 0.3) is 0 Å². The Morgan fingerprint density at radius 2 is 2.30 bits per heavy atom. The van der Waals surface area contributed by atoms with Gasteiger partial charge in [-0.2, -0.15) is 0 Å². The SMILES string of the molecule is CCC(NC(=O)C1(CN)CCOCC1)c1nc(C)cs1. The van der Waals surface area contributed by atoms with Gasteiger partial charge in [-0.25, -0.2) is 4.98 Å². The Hall–Kier alpha value is -0.980. The highest BCUT2D eigenvalue weighted by Crippen LogP contribution is 2.31. The number of hydrogen-bond acceptors (Lipinski definition) is 5. The van der Waals surface area contributed by atoms with Crippen LogP contribution in [0.2, 0.25) is 0 Å². The van der Waals surface area contributed by atoms with Crippen molar-refractivity contribution in [3.05, 3.63) is 16.1 Å². The summed E-state index contributed by atoms with van der Waals surface area (Å²) in [5, 5.41) is 6.11. The highest BCUT2D eigenvalue weighted by atomic mass is 32.1. The maximum atomic E-state index is 12.6. The molecular formula is C14H23N3O2S. The summed E-state index contributed by atoms with van der Waals surface area (Å²) >= 11 is 1.60. The highest BCUT2D eigenvalue weighted by Gasteiger charge is 2.39. The summed E-state index contributed by atoms with van der Waals surface area (Å²) in [6.07, 6.45) is 2.22. The largest absolute Gasteiger partial charge is 0.381 e. The van der Waals surface area contributed by atoms with Crippen molar-refractivity contribution in [2.45, 2.75) is 39.2 Å². The van der Waals surface area contributed by atoms with Gasteiger partial charge in [0.05, 0.1) is 11.5 Å². The van der Waals surface area contributed by atoms with Crippen molar-refractivity contribution in [1.29, 1.82) is 0 Å². The molecule has 20 heavy (non-hydrogen) atoms. The summed E-state index contributed by atoms with van der Waals surface area (Å²) in [7, 11) is 0. The zero-order chi connectivity index (χ0) is 14.6. The van der Waals surface area contributed by atoms with Crippen molar-refractivity contribution in [3.8, 4) is 0 Å². The van der Waals surface area contributed by atoms with E-state index in [-0.39, 0.29) is 11.9 Å². The lowest BCUT2D eigenvalue weighted by Crippen LogP contribution is -2.49. The van der Waals surface area contributed by atoms with Crippen molar-refractivity contribution in [1.82, 2.24) is 10.3 Å². The topological polar surface area (TPSA) is 77.2 Å². The van der Waals surface area contributed by atoms with Gasteiger partial charge < -0.3 is 15.8 Å². The first kappa shape index (κ1) is 15.4. The van der Waals surface area contributed by atoms with E-state index in [2.05, 4.69) is 17.2 Å². The highest BCUT2D eigenvalue weighted by molar-refractivity contribution is 7.09. The van der Waals surface area contributed by atoms with Crippen LogP contribution in [0.4, 0.5) is 0 Å². The fourth-order valence-electron chi connectivity index (χ4n) is 2.47. The number of ether oxygens (including phenoxy) is 1. The minimum absolute atomic E-state index is 0.0209. The standard InChI is InChI=1S/C14H23N3O2S/c1-3-11(12-16-10(2)8-20-12)17-13(18)14(9-15)4-6-19-7-5-14/h8,11H,3-7,9,15H2,1-2H3,(H,17,18). The van der Waals surface area contributed by atoms with Crippen LogP contribution in [0, 0.1) is 12.3 Å². The van der Waals surface area contributed by atoms with E-state index in [1.165, 1.54) is 0 Å². The fourth-order valence-corrected chi connectivity index (χ4v) is 3.40. The zero-order valence-corrected chi connectivity index (χ0v) is 13.0. The first-order valence-electron chi connectivity index (χ1n) is 7.12. The molecule has 0 aliphatic carbocycles. The Bertz CT molecular complexity index is 455. The average Bonchev–Trinajstić information content (AvgIpc) is 2.91. The van der Waals surface area contributed by atoms with Gasteiger partial charge in [0, 0.05) is 30.8 Å². The molecule has 1 aliphatic rings. The van der Waals surface area contributed by atoms with Gasteiger partial charge >= 0.3 is 0 Å². The van der Waals surface area contributed by atoms with E-state index in [0.717, 1.165) is 17.1 Å². The molecule has 3 N–H and O–H groups in total. The van der Waals surface area contributed by atoms with E-state index in [1.54, 1.807) is 11.3 Å². The van der Waals surface area contributed by atoms with Crippen molar-refractivity contribution in [2.75, 3.05) is 19.8 Å². The maximum absolute atomic E-state index is 12.6. The van der Waals surface area contributed by atoms with Crippen LogP contribution >= 0.6 is 11.3 Å². The van der Waals surface area contributed by atoms with Gasteiger partial charge in [-0.3, -0.25) is 4.79 Å². The zero-order valence-electron chi connectivity index (χ0n) is 12.1. The summed E-state index contributed by atoms with van der Waals surface area (Å²) in [6, 6.07) is -0.0209. The van der Waals surface area contributed by atoms with Gasteiger partial charge in [-0.15, -0.1) is 11.3 Å². The molecule has 112 valence electrons. The average molecular weight is 297 g/mol. The molecule has 1 atom stereocenters. The van der Waals surface area contributed by atoms with E-state index in [9.17, 15) is 4.79 Å². The first-order valence-corrected chi connectivity index (χ1v) is 8.00. The molecule has 2 rings (SSSR count). The number of nitrogens with zero attached hydrogens (tertiary/aromatic N) is 1. The van der Waals surface area contributed by atoms with Crippen LogP contribution in [0.3, 0.4) is 0 Å². The molecule has 6 heteroatoms. The van der Waals surface area contributed by atoms with E-state index < -0.39 is 5.41 Å². The van der Waals surface area contributed by atoms with Gasteiger partial charge in [0.15, 0.2) is 0 Å². The molecule has 1 fully saturated rings. The maximum Gasteiger partial charge on any atom is 0.228 e. The third-order valence-corrected chi connectivity index (χ3v) is 5.05. The van der Waals surface area contributed by atoms with Crippen LogP contribution in [0.1, 0.15) is 42.9 Å². The molecule has 0 aromatic carbocycles. The minimum atomic E-state index is -0.474. The van der Waals surface area contributed by atoms with Crippen LogP contribution in [0.15, 0.2) is 5.38 Å². The molecular weight excluding hydrogens is 274 g/mol. The van der Waals surface area contributed by atoms with E-state index in [0.29, 0.717) is 32.6 Å². The smallest absolute Gasteiger partial charge is 0.228 e. The van der Waals surface area contributed by atoms with E-state index in [1.807, 2.05) is 12.3 Å². The normalized spacial score (nSPS) is 19.6. The van der Waals surface area contributed by atoms with E-state index >= 15 is 0 Å². The lowest BCUT2D eigenvalue weighted by atomic mass is 9.79. The second-order valence-electron chi connectivity index (χ2n) is 5.36. The molecule has 0 radical (unpaired) electrons. The van der Waals surface area contributed by atoms with Crippen LogP contribution in [0.5, 0.6) is 0 Å². The number of hydrogen-bond donors (Lipinski definition) is 2. The second-order valence-corrected chi connectivity index (χ2v) is 6.25. The van der Waals surface area contributed by atoms with Crippen LogP contribution in [-0.4, -0.2) is 30.6 Å². The number of aromatic nitrogens is 1. The van der Waals surface area contributed by atoms with Crippen LogP contribution < -0.4 is 11.1 Å². The van der Waals surface area contributed by atoms with Crippen molar-refractivity contribution in [2.24, 2.45) is 11.1 Å². The molecule has 0 spiro atoms. The van der Waals surface area contributed by atoms with Crippen molar-refractivity contribution >= 4 is 17.2 Å². The monoisotopic (exact) mass is 297 g/mol. The number of nitrogens with two attached hydrogens (primary N) is 1. The summed E-state index contributed by atoms with van der Waals surface area (Å²) in [5.41, 5.74) is 6.39. The number of amides is 1. The molecule has 1 aromatic heterocycles. The Balaban J connectivity index is 2.08. The number of thiazole rings is 1. The van der Waals surface area contributed by atoms with Crippen molar-refractivity contribution in [3.63, 3.8) is 0 Å². The van der Waals surface area contributed by atoms with Crippen molar-refractivity contribution < 1.29 is 9.53 Å². The van der Waals surface area contributed by atoms with Gasteiger partial charge in [0.1, 0.15) is 5.01 Å². The molecule has 1 unspecified atom stereocenters. The Morgan fingerprint density at radius 1 is 1.60 bits per heavy atom. The van der Waals surface area contributed by atoms with Gasteiger partial charge in [0.2, 0.25) is 5.91 Å². The Morgan fingerprint density at radius 3 is 2.80 bits per heavy atom. The number of nitrogens with one attached hydrogen (secondary N) is 1. The van der Waals surface area contributed by atoms with E-state index in [4.69, 9.17) is 10.5 Å². The molecule has 1 saturated heterocycles. The van der Waals surface area contributed by atoms with Gasteiger partial charge in [-0.1, -0.05) is 6.92 Å². The van der Waals surface area contributed by atoms with Gasteiger partial charge in [-0.05, 0) is 26.2 Å². The molecule has 2 heterocycles. The molecule has 0 bridgehead atoms. The second kappa shape index (κ2) is 6.65. The predicted octanol–water partition coefficient (Wildman–Crippen LogP) is 1.77. The summed E-state index contributed by atoms with van der Waals surface area (Å²) in [4.78, 5) is 17.1. The number of carbonyl (C=O) groups is 1. The summed E-state index contributed by atoms with van der Waals surface area (Å²) in [5.74, 6) is 0.0444. The summed E-state index contributed by atoms with van der Waals surface area (Å²) < 4.78 is 5.35. The third kappa shape index (κ3) is 3.19. The molecule has 0 saturated carbocycles.